The van der Waals surface area contributed by atoms with Crippen LogP contribution in [0.2, 0.25) is 0 Å². The number of hydrogen-bond acceptors (Lipinski definition) is 7. The molecule has 0 unspecified atom stereocenters. The average Bonchev–Trinajstić information content (AvgIpc) is 2.64. The third-order valence-corrected chi connectivity index (χ3v) is 5.51. The van der Waals surface area contributed by atoms with Gasteiger partial charge in [-0.3, -0.25) is 14.4 Å². The molecule has 0 atom stereocenters. The van der Waals surface area contributed by atoms with Gasteiger partial charge in [0.25, 0.3) is 5.56 Å². The molecular weight excluding hydrogens is 390 g/mol. The number of amides is 1. The van der Waals surface area contributed by atoms with Crippen molar-refractivity contribution in [2.75, 3.05) is 32.6 Å². The summed E-state index contributed by atoms with van der Waals surface area (Å²) in [6.45, 7) is 1.28. The molecule has 1 aliphatic heterocycles. The van der Waals surface area contributed by atoms with Gasteiger partial charge in [0.2, 0.25) is 5.91 Å². The van der Waals surface area contributed by atoms with Crippen LogP contribution in [0.25, 0.3) is 10.8 Å². The number of benzene rings is 1. The molecule has 1 N–H and O–H groups in total. The van der Waals surface area contributed by atoms with Crippen LogP contribution < -0.4 is 5.56 Å². The highest BCUT2D eigenvalue weighted by atomic mass is 32.2. The standard InChI is InChI=1S/C17H19N3O7S/c1-28(25,26)11-2-3-12-13(8-11)14(9-16(22)23)18-20(17(12)24)10-15(21)19-4-6-27-7-5-19/h2-3,8H,4-7,9-10H2,1H3,(H,22,23). The predicted molar refractivity (Wildman–Crippen MR) is 97.9 cm³/mol. The van der Waals surface area contributed by atoms with Crippen molar-refractivity contribution in [1.82, 2.24) is 14.7 Å². The van der Waals surface area contributed by atoms with E-state index in [1.54, 1.807) is 4.90 Å². The Hall–Kier alpha value is -2.79. The van der Waals surface area contributed by atoms with Crippen LogP contribution in [0.5, 0.6) is 0 Å². The summed E-state index contributed by atoms with van der Waals surface area (Å²) in [6, 6.07) is 3.83. The highest BCUT2D eigenvalue weighted by Crippen LogP contribution is 2.20. The third-order valence-electron chi connectivity index (χ3n) is 4.40. The minimum atomic E-state index is -3.55. The van der Waals surface area contributed by atoms with Crippen molar-refractivity contribution in [3.8, 4) is 0 Å². The molecule has 2 heterocycles. The number of carboxylic acid groups (broad SMARTS) is 1. The molecule has 11 heteroatoms. The van der Waals surface area contributed by atoms with Crippen LogP contribution in [0.1, 0.15) is 5.69 Å². The summed E-state index contributed by atoms with van der Waals surface area (Å²) in [6.07, 6.45) is 0.496. The van der Waals surface area contributed by atoms with Gasteiger partial charge in [0.1, 0.15) is 6.54 Å². The van der Waals surface area contributed by atoms with Crippen LogP contribution in [0, 0.1) is 0 Å². The molecule has 1 aromatic carbocycles. The van der Waals surface area contributed by atoms with Gasteiger partial charge >= 0.3 is 5.97 Å². The zero-order valence-electron chi connectivity index (χ0n) is 15.1. The zero-order chi connectivity index (χ0) is 20.5. The topological polar surface area (TPSA) is 136 Å². The van der Waals surface area contributed by atoms with Crippen LogP contribution in [0.4, 0.5) is 0 Å². The Bertz CT molecular complexity index is 1100. The largest absolute Gasteiger partial charge is 0.481 e. The number of carboxylic acids is 1. The van der Waals surface area contributed by atoms with E-state index in [1.165, 1.54) is 18.2 Å². The van der Waals surface area contributed by atoms with E-state index in [2.05, 4.69) is 5.10 Å². The molecular formula is C17H19N3O7S. The van der Waals surface area contributed by atoms with E-state index in [1.807, 2.05) is 0 Å². The minimum absolute atomic E-state index is 0.0161. The summed E-state index contributed by atoms with van der Waals surface area (Å²) in [5.74, 6) is -1.52. The molecule has 1 aliphatic rings. The number of carbonyl (C=O) groups excluding carboxylic acids is 1. The molecule has 1 fully saturated rings. The Morgan fingerprint density at radius 1 is 1.21 bits per heavy atom. The number of fused-ring (bicyclic) bond motifs is 1. The van der Waals surface area contributed by atoms with Crippen molar-refractivity contribution in [3.63, 3.8) is 0 Å². The number of rotatable bonds is 5. The molecule has 1 aromatic heterocycles. The average molecular weight is 409 g/mol. The van der Waals surface area contributed by atoms with E-state index in [4.69, 9.17) is 9.84 Å². The maximum absolute atomic E-state index is 12.8. The molecule has 0 aliphatic carbocycles. The first-order valence-corrected chi connectivity index (χ1v) is 10.4. The Morgan fingerprint density at radius 3 is 2.50 bits per heavy atom. The molecule has 0 radical (unpaired) electrons. The lowest BCUT2D eigenvalue weighted by molar-refractivity contribution is -0.136. The zero-order valence-corrected chi connectivity index (χ0v) is 15.9. The fourth-order valence-corrected chi connectivity index (χ4v) is 3.63. The summed E-state index contributed by atoms with van der Waals surface area (Å²) < 4.78 is 29.7. The third kappa shape index (κ3) is 4.20. The Morgan fingerprint density at radius 2 is 1.89 bits per heavy atom. The van der Waals surface area contributed by atoms with Crippen LogP contribution >= 0.6 is 0 Å². The second-order valence-corrected chi connectivity index (χ2v) is 8.47. The van der Waals surface area contributed by atoms with Crippen molar-refractivity contribution in [2.24, 2.45) is 0 Å². The van der Waals surface area contributed by atoms with Gasteiger partial charge in [0.05, 0.1) is 35.6 Å². The molecule has 1 amide bonds. The molecule has 1 saturated heterocycles. The van der Waals surface area contributed by atoms with Gasteiger partial charge in [-0.05, 0) is 18.2 Å². The van der Waals surface area contributed by atoms with E-state index in [9.17, 15) is 22.8 Å². The fourth-order valence-electron chi connectivity index (χ4n) is 2.99. The molecule has 2 aromatic rings. The van der Waals surface area contributed by atoms with Gasteiger partial charge in [0, 0.05) is 24.7 Å². The lowest BCUT2D eigenvalue weighted by atomic mass is 10.1. The number of hydrogen-bond donors (Lipinski definition) is 1. The number of morpholine rings is 1. The second-order valence-electron chi connectivity index (χ2n) is 6.45. The summed E-state index contributed by atoms with van der Waals surface area (Å²) >= 11 is 0. The maximum Gasteiger partial charge on any atom is 0.309 e. The molecule has 3 rings (SSSR count). The van der Waals surface area contributed by atoms with E-state index in [0.29, 0.717) is 26.3 Å². The van der Waals surface area contributed by atoms with Crippen molar-refractivity contribution in [2.45, 2.75) is 17.9 Å². The van der Waals surface area contributed by atoms with Gasteiger partial charge < -0.3 is 14.7 Å². The maximum atomic E-state index is 12.8. The van der Waals surface area contributed by atoms with Crippen molar-refractivity contribution in [3.05, 3.63) is 34.2 Å². The Balaban J connectivity index is 2.08. The lowest BCUT2D eigenvalue weighted by Gasteiger charge is -2.26. The quantitative estimate of drug-likeness (QED) is 0.684. The molecule has 10 nitrogen and oxygen atoms in total. The van der Waals surface area contributed by atoms with E-state index < -0.39 is 27.8 Å². The van der Waals surface area contributed by atoms with Crippen LogP contribution in [0.3, 0.4) is 0 Å². The van der Waals surface area contributed by atoms with Gasteiger partial charge in [-0.2, -0.15) is 5.10 Å². The van der Waals surface area contributed by atoms with Crippen LogP contribution in [-0.4, -0.2) is 72.6 Å². The first kappa shape index (κ1) is 20.0. The number of aromatic nitrogens is 2. The van der Waals surface area contributed by atoms with E-state index >= 15 is 0 Å². The summed E-state index contributed by atoms with van der Waals surface area (Å²) in [5, 5.41) is 13.5. The highest BCUT2D eigenvalue weighted by molar-refractivity contribution is 7.90. The normalized spacial score (nSPS) is 15.0. The Labute approximate surface area is 160 Å². The van der Waals surface area contributed by atoms with E-state index in [0.717, 1.165) is 10.9 Å². The first-order valence-electron chi connectivity index (χ1n) is 8.48. The SMILES string of the molecule is CS(=O)(=O)c1ccc2c(=O)n(CC(=O)N3CCOCC3)nc(CC(=O)O)c2c1. The van der Waals surface area contributed by atoms with Crippen molar-refractivity contribution >= 4 is 32.5 Å². The first-order chi connectivity index (χ1) is 13.2. The number of sulfone groups is 1. The second kappa shape index (κ2) is 7.68. The predicted octanol–water partition coefficient (Wildman–Crippen LogP) is -0.714. The van der Waals surface area contributed by atoms with E-state index in [-0.39, 0.29) is 33.8 Å². The number of ether oxygens (including phenoxy) is 1. The van der Waals surface area contributed by atoms with Crippen LogP contribution in [-0.2, 0) is 37.1 Å². The number of carbonyl (C=O) groups is 2. The fraction of sp³-hybridized carbons (Fsp3) is 0.412. The molecule has 0 spiro atoms. The van der Waals surface area contributed by atoms with Crippen molar-refractivity contribution in [1.29, 1.82) is 0 Å². The molecule has 150 valence electrons. The molecule has 0 bridgehead atoms. The van der Waals surface area contributed by atoms with Gasteiger partial charge in [-0.1, -0.05) is 0 Å². The summed E-state index contributed by atoms with van der Waals surface area (Å²) in [4.78, 5) is 37.9. The number of nitrogens with zero attached hydrogens (tertiary/aromatic N) is 3. The lowest BCUT2D eigenvalue weighted by Crippen LogP contribution is -2.44. The molecule has 0 saturated carbocycles. The van der Waals surface area contributed by atoms with Gasteiger partial charge in [0.15, 0.2) is 9.84 Å². The minimum Gasteiger partial charge on any atom is -0.481 e. The van der Waals surface area contributed by atoms with Gasteiger partial charge in [-0.25, -0.2) is 13.1 Å². The summed E-state index contributed by atoms with van der Waals surface area (Å²) in [7, 11) is -3.55. The summed E-state index contributed by atoms with van der Waals surface area (Å²) in [5.41, 5.74) is -0.576. The van der Waals surface area contributed by atoms with Gasteiger partial charge in [-0.15, -0.1) is 0 Å². The van der Waals surface area contributed by atoms with Crippen LogP contribution in [0.15, 0.2) is 27.9 Å². The molecule has 28 heavy (non-hydrogen) atoms. The monoisotopic (exact) mass is 409 g/mol. The van der Waals surface area contributed by atoms with Crippen molar-refractivity contribution < 1.29 is 27.9 Å². The Kier molecular flexibility index (Phi) is 5.47. The highest BCUT2D eigenvalue weighted by Gasteiger charge is 2.21. The number of aliphatic carboxylic acids is 1. The smallest absolute Gasteiger partial charge is 0.309 e.